The third kappa shape index (κ3) is 6.60. The molecule has 2 saturated heterocycles. The first kappa shape index (κ1) is 26.7. The van der Waals surface area contributed by atoms with E-state index in [0.29, 0.717) is 0 Å². The first-order valence-electron chi connectivity index (χ1n) is 14.5. The predicted molar refractivity (Wildman–Crippen MR) is 163 cm³/mol. The molecule has 2 fully saturated rings. The molecule has 0 bridgehead atoms. The lowest BCUT2D eigenvalue weighted by Gasteiger charge is -2.27. The van der Waals surface area contributed by atoms with E-state index in [4.69, 9.17) is 9.47 Å². The largest absolute Gasteiger partial charge is 0.379 e. The summed E-state index contributed by atoms with van der Waals surface area (Å²) in [6, 6.07) is 40.0. The van der Waals surface area contributed by atoms with Crippen LogP contribution < -0.4 is 0 Å². The molecule has 4 aromatic carbocycles. The monoisotopic (exact) mass is 530 g/mol. The SMILES string of the molecule is c1ccc(C(=C(c2ccccc2)c2ccc(CN3CCOCC3)cc2)c2ccc(CN3CCOCC3)cc2)cc1. The predicted octanol–water partition coefficient (Wildman–Crippen LogP) is 6.36. The molecule has 4 heteroatoms. The molecule has 6 rings (SSSR count). The summed E-state index contributed by atoms with van der Waals surface area (Å²) in [6.07, 6.45) is 0. The van der Waals surface area contributed by atoms with Crippen molar-refractivity contribution >= 4 is 11.1 Å². The first-order chi connectivity index (χ1) is 19.8. The van der Waals surface area contributed by atoms with Crippen LogP contribution in [0.5, 0.6) is 0 Å². The zero-order valence-electron chi connectivity index (χ0n) is 23.2. The van der Waals surface area contributed by atoms with Crippen LogP contribution in [0.2, 0.25) is 0 Å². The molecule has 4 nitrogen and oxygen atoms in total. The molecule has 0 spiro atoms. The Labute approximate surface area is 238 Å². The van der Waals surface area contributed by atoms with Gasteiger partial charge in [0, 0.05) is 39.3 Å². The Morgan fingerprint density at radius 2 is 0.750 bits per heavy atom. The van der Waals surface area contributed by atoms with Gasteiger partial charge in [0.15, 0.2) is 0 Å². The van der Waals surface area contributed by atoms with Crippen molar-refractivity contribution in [2.24, 2.45) is 0 Å². The highest BCUT2D eigenvalue weighted by molar-refractivity contribution is 6.04. The normalized spacial score (nSPS) is 17.4. The minimum Gasteiger partial charge on any atom is -0.379 e. The molecule has 0 amide bonds. The maximum Gasteiger partial charge on any atom is 0.0594 e. The van der Waals surface area contributed by atoms with Gasteiger partial charge >= 0.3 is 0 Å². The van der Waals surface area contributed by atoms with Gasteiger partial charge < -0.3 is 9.47 Å². The Balaban J connectivity index is 1.40. The zero-order valence-corrected chi connectivity index (χ0v) is 23.2. The van der Waals surface area contributed by atoms with E-state index in [1.54, 1.807) is 0 Å². The van der Waals surface area contributed by atoms with Crippen LogP contribution in [0.25, 0.3) is 11.1 Å². The summed E-state index contributed by atoms with van der Waals surface area (Å²) < 4.78 is 11.1. The minimum atomic E-state index is 0.824. The molecule has 0 unspecified atom stereocenters. The number of morpholine rings is 2. The average Bonchev–Trinajstić information content (AvgIpc) is 3.03. The van der Waals surface area contributed by atoms with Crippen molar-refractivity contribution in [2.75, 3.05) is 52.6 Å². The molecule has 0 aromatic heterocycles. The molecule has 4 aromatic rings. The van der Waals surface area contributed by atoms with Gasteiger partial charge in [-0.25, -0.2) is 0 Å². The van der Waals surface area contributed by atoms with E-state index >= 15 is 0 Å². The quantitative estimate of drug-likeness (QED) is 0.248. The van der Waals surface area contributed by atoms with Crippen LogP contribution in [0.1, 0.15) is 33.4 Å². The molecule has 0 radical (unpaired) electrons. The van der Waals surface area contributed by atoms with Crippen LogP contribution in [0.4, 0.5) is 0 Å². The van der Waals surface area contributed by atoms with E-state index < -0.39 is 0 Å². The Hall–Kier alpha value is -3.54. The Morgan fingerprint density at radius 1 is 0.425 bits per heavy atom. The van der Waals surface area contributed by atoms with Gasteiger partial charge in [0.25, 0.3) is 0 Å². The standard InChI is InChI=1S/C36H38N2O2/c1-3-7-31(8-4-1)35(33-15-11-29(12-16-33)27-37-19-23-39-24-20-37)36(32-9-5-2-6-10-32)34-17-13-30(14-18-34)28-38-21-25-40-26-22-38/h1-18H,19-28H2. The van der Waals surface area contributed by atoms with Gasteiger partial charge in [-0.3, -0.25) is 9.80 Å². The molecule has 0 saturated carbocycles. The van der Waals surface area contributed by atoms with Crippen molar-refractivity contribution < 1.29 is 9.47 Å². The molecule has 2 aliphatic heterocycles. The summed E-state index contributed by atoms with van der Waals surface area (Å²) in [7, 11) is 0. The lowest BCUT2D eigenvalue weighted by atomic mass is 9.85. The molecule has 0 aliphatic carbocycles. The Morgan fingerprint density at radius 3 is 1.10 bits per heavy atom. The molecule has 0 atom stereocenters. The first-order valence-corrected chi connectivity index (χ1v) is 14.5. The summed E-state index contributed by atoms with van der Waals surface area (Å²) in [6.45, 7) is 9.21. The fourth-order valence-corrected chi connectivity index (χ4v) is 5.71. The van der Waals surface area contributed by atoms with E-state index in [1.165, 1.54) is 44.5 Å². The van der Waals surface area contributed by atoms with Gasteiger partial charge in [-0.2, -0.15) is 0 Å². The number of hydrogen-bond acceptors (Lipinski definition) is 4. The van der Waals surface area contributed by atoms with Crippen molar-refractivity contribution in [3.05, 3.63) is 143 Å². The second kappa shape index (κ2) is 13.2. The lowest BCUT2D eigenvalue weighted by molar-refractivity contribution is 0.0341. The van der Waals surface area contributed by atoms with Gasteiger partial charge in [0.2, 0.25) is 0 Å². The van der Waals surface area contributed by atoms with Crippen LogP contribution in [-0.2, 0) is 22.6 Å². The van der Waals surface area contributed by atoms with Crippen molar-refractivity contribution in [2.45, 2.75) is 13.1 Å². The maximum atomic E-state index is 5.54. The fraction of sp³-hybridized carbons (Fsp3) is 0.278. The fourth-order valence-electron chi connectivity index (χ4n) is 5.71. The van der Waals surface area contributed by atoms with Crippen LogP contribution in [0, 0.1) is 0 Å². The van der Waals surface area contributed by atoms with Gasteiger partial charge in [0.1, 0.15) is 0 Å². The third-order valence-corrected chi connectivity index (χ3v) is 7.88. The summed E-state index contributed by atoms with van der Waals surface area (Å²) in [5.74, 6) is 0. The Bertz CT molecular complexity index is 1260. The molecule has 40 heavy (non-hydrogen) atoms. The topological polar surface area (TPSA) is 24.9 Å². The Kier molecular flexibility index (Phi) is 8.81. The highest BCUT2D eigenvalue weighted by Crippen LogP contribution is 2.37. The smallest absolute Gasteiger partial charge is 0.0594 e. The van der Waals surface area contributed by atoms with Crippen molar-refractivity contribution in [3.8, 4) is 0 Å². The summed E-state index contributed by atoms with van der Waals surface area (Å²) in [4.78, 5) is 4.95. The van der Waals surface area contributed by atoms with E-state index in [0.717, 1.165) is 65.7 Å². The van der Waals surface area contributed by atoms with E-state index in [-0.39, 0.29) is 0 Å². The molecule has 2 aliphatic rings. The zero-order chi connectivity index (χ0) is 27.0. The molecular formula is C36H38N2O2. The van der Waals surface area contributed by atoms with Gasteiger partial charge in [-0.15, -0.1) is 0 Å². The number of nitrogens with zero attached hydrogens (tertiary/aromatic N) is 2. The number of hydrogen-bond donors (Lipinski definition) is 0. The van der Waals surface area contributed by atoms with Crippen LogP contribution in [-0.4, -0.2) is 62.4 Å². The van der Waals surface area contributed by atoms with Gasteiger partial charge in [-0.05, 0) is 44.5 Å². The lowest BCUT2D eigenvalue weighted by Crippen LogP contribution is -2.35. The molecule has 2 heterocycles. The number of ether oxygens (including phenoxy) is 2. The van der Waals surface area contributed by atoms with Crippen molar-refractivity contribution in [1.82, 2.24) is 9.80 Å². The van der Waals surface area contributed by atoms with Crippen LogP contribution in [0.15, 0.2) is 109 Å². The molecule has 0 N–H and O–H groups in total. The highest BCUT2D eigenvalue weighted by atomic mass is 16.5. The summed E-state index contributed by atoms with van der Waals surface area (Å²) in [5.41, 5.74) is 10.1. The summed E-state index contributed by atoms with van der Waals surface area (Å²) >= 11 is 0. The third-order valence-electron chi connectivity index (χ3n) is 7.88. The minimum absolute atomic E-state index is 0.824. The summed E-state index contributed by atoms with van der Waals surface area (Å²) in [5, 5.41) is 0. The number of rotatable bonds is 8. The van der Waals surface area contributed by atoms with E-state index in [1.807, 2.05) is 0 Å². The molecule has 204 valence electrons. The van der Waals surface area contributed by atoms with E-state index in [2.05, 4.69) is 119 Å². The van der Waals surface area contributed by atoms with Crippen LogP contribution >= 0.6 is 0 Å². The van der Waals surface area contributed by atoms with Crippen molar-refractivity contribution in [1.29, 1.82) is 0 Å². The second-order valence-corrected chi connectivity index (χ2v) is 10.7. The van der Waals surface area contributed by atoms with Gasteiger partial charge in [0.05, 0.1) is 26.4 Å². The average molecular weight is 531 g/mol. The maximum absolute atomic E-state index is 5.54. The van der Waals surface area contributed by atoms with Crippen molar-refractivity contribution in [3.63, 3.8) is 0 Å². The van der Waals surface area contributed by atoms with Crippen LogP contribution in [0.3, 0.4) is 0 Å². The highest BCUT2D eigenvalue weighted by Gasteiger charge is 2.18. The van der Waals surface area contributed by atoms with Gasteiger partial charge in [-0.1, -0.05) is 109 Å². The second-order valence-electron chi connectivity index (χ2n) is 10.7. The number of benzene rings is 4. The molecular weight excluding hydrogens is 492 g/mol. The van der Waals surface area contributed by atoms with E-state index in [9.17, 15) is 0 Å².